The van der Waals surface area contributed by atoms with Gasteiger partial charge in [-0.1, -0.05) is 0 Å². The van der Waals surface area contributed by atoms with Gasteiger partial charge in [0.2, 0.25) is 5.88 Å². The maximum absolute atomic E-state index is 13.4. The number of aromatic nitrogens is 4. The van der Waals surface area contributed by atoms with Crippen molar-refractivity contribution in [3.63, 3.8) is 0 Å². The molecule has 2 aliphatic carbocycles. The maximum Gasteiger partial charge on any atom is 0.255 e. The minimum atomic E-state index is -0.951. The maximum atomic E-state index is 13.4. The van der Waals surface area contributed by atoms with Crippen LogP contribution in [0, 0.1) is 5.92 Å². The van der Waals surface area contributed by atoms with E-state index in [1.54, 1.807) is 30.9 Å². The molecule has 3 aliphatic rings. The van der Waals surface area contributed by atoms with Crippen molar-refractivity contribution in [1.29, 1.82) is 0 Å². The molecule has 6 rings (SSSR count). The summed E-state index contributed by atoms with van der Waals surface area (Å²) in [5.41, 5.74) is 7.23. The van der Waals surface area contributed by atoms with Crippen molar-refractivity contribution < 1.29 is 24.2 Å². The van der Waals surface area contributed by atoms with Gasteiger partial charge in [-0.15, -0.1) is 5.10 Å². The number of nitrogens with one attached hydrogen (secondary N) is 2. The first-order valence-electron chi connectivity index (χ1n) is 15.6. The van der Waals surface area contributed by atoms with Crippen LogP contribution < -0.4 is 25.8 Å². The molecule has 0 unspecified atom stereocenters. The Hall–Kier alpha value is -3.64. The monoisotopic (exact) mass is 593 g/mol. The first-order valence-corrected chi connectivity index (χ1v) is 15.6. The molecule has 0 spiro atoms. The summed E-state index contributed by atoms with van der Waals surface area (Å²) in [5, 5.41) is 25.8. The van der Waals surface area contributed by atoms with Crippen LogP contribution >= 0.6 is 0 Å². The molecule has 3 aromatic rings. The van der Waals surface area contributed by atoms with Gasteiger partial charge in [0.1, 0.15) is 24.0 Å². The SMILES string of the molecule is CC(C)(O)COc1ccc2c(C(=O)N[C@H]3CC[C@H](Oc4nn(CC5CCNCC5)cc4C(N)=O)CC3)cnn2c1C1CC1. The van der Waals surface area contributed by atoms with Gasteiger partial charge in [-0.25, -0.2) is 4.52 Å². The molecule has 1 aliphatic heterocycles. The highest BCUT2D eigenvalue weighted by molar-refractivity contribution is 6.01. The Balaban J connectivity index is 1.06. The Labute approximate surface area is 251 Å². The zero-order chi connectivity index (χ0) is 30.1. The quantitative estimate of drug-likeness (QED) is 0.264. The number of aliphatic hydroxyl groups is 1. The third-order valence-corrected chi connectivity index (χ3v) is 8.65. The highest BCUT2D eigenvalue weighted by Crippen LogP contribution is 2.44. The van der Waals surface area contributed by atoms with E-state index < -0.39 is 11.5 Å². The third-order valence-electron chi connectivity index (χ3n) is 8.65. The van der Waals surface area contributed by atoms with Crippen molar-refractivity contribution in [2.75, 3.05) is 19.7 Å². The van der Waals surface area contributed by atoms with Gasteiger partial charge in [0.25, 0.3) is 11.8 Å². The third kappa shape index (κ3) is 6.96. The second-order valence-electron chi connectivity index (χ2n) is 13.0. The fourth-order valence-electron chi connectivity index (χ4n) is 6.16. The first-order chi connectivity index (χ1) is 20.6. The normalized spacial score (nSPS) is 21.6. The molecule has 232 valence electrons. The molecule has 12 nitrogen and oxygen atoms in total. The zero-order valence-corrected chi connectivity index (χ0v) is 25.1. The van der Waals surface area contributed by atoms with E-state index in [0.717, 1.165) is 82.2 Å². The molecular weight excluding hydrogens is 550 g/mol. The van der Waals surface area contributed by atoms with E-state index in [4.69, 9.17) is 15.2 Å². The van der Waals surface area contributed by atoms with Gasteiger partial charge in [0.15, 0.2) is 0 Å². The van der Waals surface area contributed by atoms with Gasteiger partial charge in [-0.05, 0) is 96.4 Å². The van der Waals surface area contributed by atoms with E-state index in [-0.39, 0.29) is 24.7 Å². The Bertz CT molecular complexity index is 1460. The molecule has 0 atom stereocenters. The largest absolute Gasteiger partial charge is 0.489 e. The van der Waals surface area contributed by atoms with E-state index >= 15 is 0 Å². The van der Waals surface area contributed by atoms with Crippen molar-refractivity contribution in [2.45, 2.75) is 95.4 Å². The topological polar surface area (TPSA) is 158 Å². The van der Waals surface area contributed by atoms with E-state index in [1.807, 2.05) is 16.6 Å². The number of hydrogen-bond donors (Lipinski definition) is 4. The van der Waals surface area contributed by atoms with Crippen LogP contribution in [0.3, 0.4) is 0 Å². The standard InChI is InChI=1S/C31H43N7O5/c1-31(2,41)18-42-26-10-9-25-23(15-34-38(25)27(26)20-3-4-20)29(40)35-21-5-7-22(8-6-21)43-30-24(28(32)39)17-37(36-30)16-19-11-13-33-14-12-19/h9-10,15,17,19-22,33,41H,3-8,11-14,16,18H2,1-2H3,(H2,32,39)(H,35,40)/t21-,22-. The Morgan fingerprint density at radius 2 is 1.84 bits per heavy atom. The second-order valence-corrected chi connectivity index (χ2v) is 13.0. The lowest BCUT2D eigenvalue weighted by atomic mass is 9.92. The number of pyridine rings is 1. The van der Waals surface area contributed by atoms with Crippen LogP contribution in [0.5, 0.6) is 11.6 Å². The second kappa shape index (κ2) is 12.2. The number of ether oxygens (including phenoxy) is 2. The number of carbonyl (C=O) groups excluding carboxylic acids is 2. The van der Waals surface area contributed by atoms with Gasteiger partial charge in [0.05, 0.1) is 28.6 Å². The molecule has 4 heterocycles. The van der Waals surface area contributed by atoms with E-state index in [0.29, 0.717) is 34.6 Å². The fraction of sp³-hybridized carbons (Fsp3) is 0.613. The number of hydrogen-bond acceptors (Lipinski definition) is 8. The molecule has 43 heavy (non-hydrogen) atoms. The number of amides is 2. The molecule has 0 radical (unpaired) electrons. The summed E-state index contributed by atoms with van der Waals surface area (Å²) < 4.78 is 15.8. The summed E-state index contributed by atoms with van der Waals surface area (Å²) >= 11 is 0. The number of rotatable bonds is 11. The lowest BCUT2D eigenvalue weighted by molar-refractivity contribution is 0.0279. The first kappa shape index (κ1) is 29.4. The van der Waals surface area contributed by atoms with Crippen LogP contribution in [0.1, 0.15) is 97.5 Å². The summed E-state index contributed by atoms with van der Waals surface area (Å²) in [7, 11) is 0. The number of piperidine rings is 1. The molecule has 3 fully saturated rings. The lowest BCUT2D eigenvalue weighted by Crippen LogP contribution is -2.39. The Morgan fingerprint density at radius 1 is 1.09 bits per heavy atom. The van der Waals surface area contributed by atoms with Gasteiger partial charge in [-0.3, -0.25) is 14.3 Å². The summed E-state index contributed by atoms with van der Waals surface area (Å²) in [5.74, 6) is 1.15. The number of carbonyl (C=O) groups is 2. The van der Waals surface area contributed by atoms with E-state index in [9.17, 15) is 14.7 Å². The summed E-state index contributed by atoms with van der Waals surface area (Å²) in [4.78, 5) is 25.5. The summed E-state index contributed by atoms with van der Waals surface area (Å²) in [6, 6.07) is 3.75. The van der Waals surface area contributed by atoms with Crippen molar-refractivity contribution >= 4 is 17.3 Å². The van der Waals surface area contributed by atoms with Crippen molar-refractivity contribution in [3.05, 3.63) is 41.3 Å². The number of nitrogens with two attached hydrogens (primary N) is 1. The Morgan fingerprint density at radius 3 is 2.51 bits per heavy atom. The summed E-state index contributed by atoms with van der Waals surface area (Å²) in [6.45, 7) is 6.32. The number of fused-ring (bicyclic) bond motifs is 1. The van der Waals surface area contributed by atoms with Crippen LogP contribution in [0.4, 0.5) is 0 Å². The predicted molar refractivity (Wildman–Crippen MR) is 159 cm³/mol. The average Bonchev–Trinajstić information content (AvgIpc) is 3.59. The highest BCUT2D eigenvalue weighted by Gasteiger charge is 2.32. The molecular formula is C31H43N7O5. The summed E-state index contributed by atoms with van der Waals surface area (Å²) in [6.07, 6.45) is 10.4. The van der Waals surface area contributed by atoms with Gasteiger partial charge >= 0.3 is 0 Å². The molecule has 5 N–H and O–H groups in total. The molecule has 0 bridgehead atoms. The van der Waals surface area contributed by atoms with Crippen molar-refractivity contribution in [3.8, 4) is 11.6 Å². The van der Waals surface area contributed by atoms with Crippen LogP contribution in [-0.2, 0) is 6.54 Å². The van der Waals surface area contributed by atoms with Crippen molar-refractivity contribution in [2.24, 2.45) is 11.7 Å². The number of primary amides is 1. The molecule has 1 saturated heterocycles. The fourth-order valence-corrected chi connectivity index (χ4v) is 6.16. The van der Waals surface area contributed by atoms with Gasteiger partial charge in [0, 0.05) is 24.7 Å². The van der Waals surface area contributed by atoms with Gasteiger partial charge < -0.3 is 30.9 Å². The number of nitrogens with zero attached hydrogens (tertiary/aromatic N) is 4. The van der Waals surface area contributed by atoms with Crippen LogP contribution in [-0.4, -0.2) is 73.8 Å². The van der Waals surface area contributed by atoms with Gasteiger partial charge in [-0.2, -0.15) is 5.10 Å². The lowest BCUT2D eigenvalue weighted by Gasteiger charge is -2.29. The zero-order valence-electron chi connectivity index (χ0n) is 25.1. The van der Waals surface area contributed by atoms with Crippen LogP contribution in [0.25, 0.3) is 5.52 Å². The molecule has 12 heteroatoms. The Kier molecular flexibility index (Phi) is 8.32. The minimum absolute atomic E-state index is 0.00711. The molecule has 0 aromatic carbocycles. The van der Waals surface area contributed by atoms with E-state index in [1.165, 1.54) is 0 Å². The smallest absolute Gasteiger partial charge is 0.255 e. The molecule has 2 amide bonds. The molecule has 3 aromatic heterocycles. The van der Waals surface area contributed by atoms with E-state index in [2.05, 4.69) is 20.8 Å². The van der Waals surface area contributed by atoms with Crippen LogP contribution in [0.2, 0.25) is 0 Å². The van der Waals surface area contributed by atoms with Crippen molar-refractivity contribution in [1.82, 2.24) is 30.0 Å². The predicted octanol–water partition coefficient (Wildman–Crippen LogP) is 2.78. The molecule has 2 saturated carbocycles. The minimum Gasteiger partial charge on any atom is -0.489 e. The van der Waals surface area contributed by atoms with Crippen LogP contribution in [0.15, 0.2) is 24.5 Å². The average molecular weight is 594 g/mol. The highest BCUT2D eigenvalue weighted by atomic mass is 16.5.